The molecule has 0 radical (unpaired) electrons. The lowest BCUT2D eigenvalue weighted by molar-refractivity contribution is -0.134. The minimum atomic E-state index is -1.06. The molecule has 1 amide bonds. The topological polar surface area (TPSA) is 56.2 Å². The van der Waals surface area contributed by atoms with Gasteiger partial charge in [0.15, 0.2) is 5.60 Å². The Balaban J connectivity index is 1.69. The van der Waals surface area contributed by atoms with Crippen LogP contribution in [0.3, 0.4) is 0 Å². The van der Waals surface area contributed by atoms with Crippen molar-refractivity contribution < 1.29 is 9.53 Å². The lowest BCUT2D eigenvalue weighted by atomic mass is 10.1. The van der Waals surface area contributed by atoms with Crippen molar-refractivity contribution in [2.45, 2.75) is 26.0 Å². The SMILES string of the molecule is CC(C)(Oc1nn(-c2ccccc2)cc1Br)C(=O)NCc1ccccc1. The van der Waals surface area contributed by atoms with E-state index in [0.29, 0.717) is 16.9 Å². The van der Waals surface area contributed by atoms with E-state index in [4.69, 9.17) is 4.74 Å². The fourth-order valence-corrected chi connectivity index (χ4v) is 2.75. The Labute approximate surface area is 161 Å². The van der Waals surface area contributed by atoms with Crippen molar-refractivity contribution >= 4 is 21.8 Å². The minimum absolute atomic E-state index is 0.206. The highest BCUT2D eigenvalue weighted by Gasteiger charge is 2.31. The summed E-state index contributed by atoms with van der Waals surface area (Å²) >= 11 is 3.45. The maximum Gasteiger partial charge on any atom is 0.263 e. The molecule has 2 aromatic carbocycles. The zero-order chi connectivity index (χ0) is 18.6. The van der Waals surface area contributed by atoms with Gasteiger partial charge in [-0.15, -0.1) is 5.10 Å². The van der Waals surface area contributed by atoms with Gasteiger partial charge in [-0.2, -0.15) is 0 Å². The summed E-state index contributed by atoms with van der Waals surface area (Å²) in [5, 5.41) is 7.34. The second-order valence-corrected chi connectivity index (χ2v) is 7.20. The van der Waals surface area contributed by atoms with Crippen molar-refractivity contribution in [2.24, 2.45) is 0 Å². The summed E-state index contributed by atoms with van der Waals surface area (Å²) < 4.78 is 8.29. The first kappa shape index (κ1) is 18.2. The van der Waals surface area contributed by atoms with Crippen LogP contribution in [-0.2, 0) is 11.3 Å². The lowest BCUT2D eigenvalue weighted by Crippen LogP contribution is -2.46. The van der Waals surface area contributed by atoms with Gasteiger partial charge in [-0.1, -0.05) is 48.5 Å². The standard InChI is InChI=1S/C20H20BrN3O2/c1-20(2,19(25)22-13-15-9-5-3-6-10-15)26-18-17(21)14-24(23-18)16-11-7-4-8-12-16/h3-12,14H,13H2,1-2H3,(H,22,25). The van der Waals surface area contributed by atoms with Crippen molar-refractivity contribution in [1.82, 2.24) is 15.1 Å². The van der Waals surface area contributed by atoms with Gasteiger partial charge in [0.2, 0.25) is 5.88 Å². The summed E-state index contributed by atoms with van der Waals surface area (Å²) in [6, 6.07) is 19.5. The van der Waals surface area contributed by atoms with Gasteiger partial charge in [-0.05, 0) is 47.5 Å². The third-order valence-electron chi connectivity index (χ3n) is 3.85. The zero-order valence-corrected chi connectivity index (χ0v) is 16.2. The van der Waals surface area contributed by atoms with Crippen LogP contribution >= 0.6 is 15.9 Å². The second-order valence-electron chi connectivity index (χ2n) is 6.34. The van der Waals surface area contributed by atoms with Crippen LogP contribution in [0.25, 0.3) is 5.69 Å². The van der Waals surface area contributed by atoms with E-state index >= 15 is 0 Å². The van der Waals surface area contributed by atoms with E-state index in [2.05, 4.69) is 26.3 Å². The van der Waals surface area contributed by atoms with Crippen molar-refractivity contribution in [3.63, 3.8) is 0 Å². The molecule has 0 saturated heterocycles. The molecule has 1 aromatic heterocycles. The molecule has 1 N–H and O–H groups in total. The van der Waals surface area contributed by atoms with Gasteiger partial charge in [0, 0.05) is 12.7 Å². The van der Waals surface area contributed by atoms with Crippen LogP contribution in [0.5, 0.6) is 5.88 Å². The van der Waals surface area contributed by atoms with Crippen LogP contribution in [0.4, 0.5) is 0 Å². The number of nitrogens with one attached hydrogen (secondary N) is 1. The Kier molecular flexibility index (Phi) is 5.42. The van der Waals surface area contributed by atoms with E-state index < -0.39 is 5.60 Å². The van der Waals surface area contributed by atoms with Gasteiger partial charge in [0.1, 0.15) is 0 Å². The first-order valence-electron chi connectivity index (χ1n) is 8.27. The molecular formula is C20H20BrN3O2. The number of hydrogen-bond acceptors (Lipinski definition) is 3. The molecule has 1 heterocycles. The molecule has 0 aliphatic rings. The monoisotopic (exact) mass is 413 g/mol. The van der Waals surface area contributed by atoms with Crippen molar-refractivity contribution in [3.8, 4) is 11.6 Å². The number of halogens is 1. The molecule has 0 unspecified atom stereocenters. The molecule has 134 valence electrons. The lowest BCUT2D eigenvalue weighted by Gasteiger charge is -2.24. The molecule has 0 fully saturated rings. The molecule has 0 saturated carbocycles. The fourth-order valence-electron chi connectivity index (χ4n) is 2.40. The van der Waals surface area contributed by atoms with Crippen molar-refractivity contribution in [2.75, 3.05) is 0 Å². The van der Waals surface area contributed by atoms with Crippen molar-refractivity contribution in [3.05, 3.63) is 76.9 Å². The van der Waals surface area contributed by atoms with Gasteiger partial charge in [-0.3, -0.25) is 4.79 Å². The summed E-state index contributed by atoms with van der Waals surface area (Å²) in [6.45, 7) is 3.90. The van der Waals surface area contributed by atoms with Crippen LogP contribution in [0.2, 0.25) is 0 Å². The number of hydrogen-bond donors (Lipinski definition) is 1. The Bertz CT molecular complexity index is 877. The molecule has 0 bridgehead atoms. The average molecular weight is 414 g/mol. The van der Waals surface area contributed by atoms with E-state index in [9.17, 15) is 4.79 Å². The Morgan fingerprint density at radius 1 is 1.12 bits per heavy atom. The highest BCUT2D eigenvalue weighted by molar-refractivity contribution is 9.10. The quantitative estimate of drug-likeness (QED) is 0.661. The predicted molar refractivity (Wildman–Crippen MR) is 104 cm³/mol. The number of ether oxygens (including phenoxy) is 1. The molecule has 3 rings (SSSR count). The van der Waals surface area contributed by atoms with Gasteiger partial charge in [0.25, 0.3) is 5.91 Å². The molecule has 0 atom stereocenters. The average Bonchev–Trinajstić information content (AvgIpc) is 3.01. The normalized spacial score (nSPS) is 11.2. The summed E-state index contributed by atoms with van der Waals surface area (Å²) in [5.41, 5.74) is 0.883. The van der Waals surface area contributed by atoms with Crippen LogP contribution in [0.15, 0.2) is 71.3 Å². The van der Waals surface area contributed by atoms with Crippen LogP contribution < -0.4 is 10.1 Å². The van der Waals surface area contributed by atoms with Crippen LogP contribution in [-0.4, -0.2) is 21.3 Å². The first-order chi connectivity index (χ1) is 12.5. The van der Waals surface area contributed by atoms with Gasteiger partial charge in [0.05, 0.1) is 10.2 Å². The van der Waals surface area contributed by atoms with E-state index in [1.165, 1.54) is 0 Å². The summed E-state index contributed by atoms with van der Waals surface area (Å²) in [5.74, 6) is 0.163. The Hall–Kier alpha value is -2.60. The molecule has 26 heavy (non-hydrogen) atoms. The molecule has 3 aromatic rings. The highest BCUT2D eigenvalue weighted by Crippen LogP contribution is 2.28. The smallest absolute Gasteiger partial charge is 0.263 e. The maximum atomic E-state index is 12.5. The number of nitrogens with zero attached hydrogens (tertiary/aromatic N) is 2. The number of carbonyl (C=O) groups excluding carboxylic acids is 1. The Morgan fingerprint density at radius 3 is 2.38 bits per heavy atom. The Morgan fingerprint density at radius 2 is 1.73 bits per heavy atom. The third-order valence-corrected chi connectivity index (χ3v) is 4.40. The van der Waals surface area contributed by atoms with E-state index in [1.54, 1.807) is 18.5 Å². The number of para-hydroxylation sites is 1. The molecule has 0 spiro atoms. The number of aromatic nitrogens is 2. The fraction of sp³-hybridized carbons (Fsp3) is 0.200. The molecule has 6 heteroatoms. The van der Waals surface area contributed by atoms with Crippen molar-refractivity contribution in [1.29, 1.82) is 0 Å². The summed E-state index contributed by atoms with van der Waals surface area (Å²) in [6.07, 6.45) is 1.81. The number of benzene rings is 2. The summed E-state index contributed by atoms with van der Waals surface area (Å²) in [4.78, 5) is 12.5. The molecule has 0 aliphatic heterocycles. The number of rotatable bonds is 6. The zero-order valence-electron chi connectivity index (χ0n) is 14.6. The van der Waals surface area contributed by atoms with Gasteiger partial charge in [-0.25, -0.2) is 4.68 Å². The predicted octanol–water partition coefficient (Wildman–Crippen LogP) is 4.11. The molecule has 5 nitrogen and oxygen atoms in total. The molecular weight excluding hydrogens is 394 g/mol. The van der Waals surface area contributed by atoms with E-state index in [0.717, 1.165) is 11.3 Å². The largest absolute Gasteiger partial charge is 0.460 e. The second kappa shape index (κ2) is 7.74. The minimum Gasteiger partial charge on any atom is -0.460 e. The van der Waals surface area contributed by atoms with Gasteiger partial charge < -0.3 is 10.1 Å². The number of carbonyl (C=O) groups is 1. The third kappa shape index (κ3) is 4.32. The molecule has 0 aliphatic carbocycles. The maximum absolute atomic E-state index is 12.5. The van der Waals surface area contributed by atoms with Gasteiger partial charge >= 0.3 is 0 Å². The van der Waals surface area contributed by atoms with E-state index in [-0.39, 0.29) is 5.91 Å². The highest BCUT2D eigenvalue weighted by atomic mass is 79.9. The van der Waals surface area contributed by atoms with E-state index in [1.807, 2.05) is 66.9 Å². The van der Waals surface area contributed by atoms with Crippen LogP contribution in [0.1, 0.15) is 19.4 Å². The van der Waals surface area contributed by atoms with Crippen LogP contribution in [0, 0.1) is 0 Å². The summed E-state index contributed by atoms with van der Waals surface area (Å²) in [7, 11) is 0. The number of amides is 1. The first-order valence-corrected chi connectivity index (χ1v) is 9.07.